The Kier molecular flexibility index (Phi) is 6.16. The molecule has 0 bridgehead atoms. The van der Waals surface area contributed by atoms with Crippen molar-refractivity contribution < 1.29 is 13.7 Å². The normalized spacial score (nSPS) is 11.0. The average molecular weight is 353 g/mol. The molecule has 0 atom stereocenters. The summed E-state index contributed by atoms with van der Waals surface area (Å²) in [6, 6.07) is 8.38. The minimum absolute atomic E-state index is 0.744. The largest absolute Gasteiger partial charge is 0.493 e. The molecular weight excluding hydrogens is 326 g/mol. The SMILES string of the molecule is CCc1cc(-c2ccoc2)cc(C)c1OCCCCCc1cc(C)no1. The minimum Gasteiger partial charge on any atom is -0.493 e. The number of furan rings is 1. The van der Waals surface area contributed by atoms with Gasteiger partial charge in [-0.05, 0) is 74.4 Å². The van der Waals surface area contributed by atoms with E-state index in [1.807, 2.05) is 19.1 Å². The van der Waals surface area contributed by atoms with Crippen LogP contribution in [0.25, 0.3) is 11.1 Å². The van der Waals surface area contributed by atoms with E-state index in [0.29, 0.717) is 0 Å². The van der Waals surface area contributed by atoms with Crippen LogP contribution in [0.15, 0.2) is 45.7 Å². The summed E-state index contributed by atoms with van der Waals surface area (Å²) in [5.74, 6) is 2.01. The third kappa shape index (κ3) is 4.57. The lowest BCUT2D eigenvalue weighted by Gasteiger charge is -2.15. The maximum Gasteiger partial charge on any atom is 0.136 e. The third-order valence-electron chi connectivity index (χ3n) is 4.58. The van der Waals surface area contributed by atoms with E-state index < -0.39 is 0 Å². The number of nitrogens with zero attached hydrogens (tertiary/aromatic N) is 1. The van der Waals surface area contributed by atoms with Crippen molar-refractivity contribution in [2.24, 2.45) is 0 Å². The second kappa shape index (κ2) is 8.75. The lowest BCUT2D eigenvalue weighted by Crippen LogP contribution is -2.02. The van der Waals surface area contributed by atoms with Gasteiger partial charge in [-0.3, -0.25) is 0 Å². The third-order valence-corrected chi connectivity index (χ3v) is 4.58. The van der Waals surface area contributed by atoms with Gasteiger partial charge in [-0.15, -0.1) is 0 Å². The number of benzene rings is 1. The Hall–Kier alpha value is -2.49. The Morgan fingerprint density at radius 1 is 1.04 bits per heavy atom. The van der Waals surface area contributed by atoms with Crippen LogP contribution in [0.2, 0.25) is 0 Å². The molecule has 0 saturated carbocycles. The van der Waals surface area contributed by atoms with Crippen molar-refractivity contribution in [3.63, 3.8) is 0 Å². The zero-order chi connectivity index (χ0) is 18.4. The number of unbranched alkanes of at least 4 members (excludes halogenated alkanes) is 2. The molecule has 26 heavy (non-hydrogen) atoms. The second-order valence-corrected chi connectivity index (χ2v) is 6.74. The monoisotopic (exact) mass is 353 g/mol. The molecule has 0 saturated heterocycles. The maximum absolute atomic E-state index is 6.13. The molecule has 0 aliphatic heterocycles. The summed E-state index contributed by atoms with van der Waals surface area (Å²) < 4.78 is 16.6. The minimum atomic E-state index is 0.744. The molecule has 3 rings (SSSR count). The number of rotatable bonds is 9. The van der Waals surface area contributed by atoms with E-state index in [1.54, 1.807) is 12.5 Å². The van der Waals surface area contributed by atoms with E-state index in [1.165, 1.54) is 16.7 Å². The van der Waals surface area contributed by atoms with E-state index in [0.717, 1.165) is 61.5 Å². The van der Waals surface area contributed by atoms with Crippen LogP contribution in [0.4, 0.5) is 0 Å². The maximum atomic E-state index is 6.13. The van der Waals surface area contributed by atoms with Crippen LogP contribution in [0.1, 0.15) is 48.8 Å². The summed E-state index contributed by atoms with van der Waals surface area (Å²) in [6.45, 7) is 6.98. The first-order chi connectivity index (χ1) is 12.7. The Morgan fingerprint density at radius 3 is 2.62 bits per heavy atom. The van der Waals surface area contributed by atoms with Crippen LogP contribution in [0.5, 0.6) is 5.75 Å². The highest BCUT2D eigenvalue weighted by Crippen LogP contribution is 2.31. The molecule has 0 spiro atoms. The number of ether oxygens (including phenoxy) is 1. The van der Waals surface area contributed by atoms with Crippen LogP contribution in [-0.2, 0) is 12.8 Å². The first kappa shape index (κ1) is 18.3. The van der Waals surface area contributed by atoms with Crippen molar-refractivity contribution in [2.45, 2.75) is 52.9 Å². The van der Waals surface area contributed by atoms with Gasteiger partial charge in [-0.25, -0.2) is 0 Å². The molecule has 3 aromatic rings. The fourth-order valence-corrected chi connectivity index (χ4v) is 3.20. The fourth-order valence-electron chi connectivity index (χ4n) is 3.20. The van der Waals surface area contributed by atoms with E-state index in [2.05, 4.69) is 31.1 Å². The molecule has 0 unspecified atom stereocenters. The highest BCUT2D eigenvalue weighted by atomic mass is 16.5. The molecule has 0 amide bonds. The van der Waals surface area contributed by atoms with Gasteiger partial charge in [0.2, 0.25) is 0 Å². The summed E-state index contributed by atoms with van der Waals surface area (Å²) in [6.07, 6.45) is 8.64. The second-order valence-electron chi connectivity index (χ2n) is 6.74. The highest BCUT2D eigenvalue weighted by Gasteiger charge is 2.10. The summed E-state index contributed by atoms with van der Waals surface area (Å²) in [5, 5.41) is 3.92. The Morgan fingerprint density at radius 2 is 1.92 bits per heavy atom. The van der Waals surface area contributed by atoms with Crippen LogP contribution in [-0.4, -0.2) is 11.8 Å². The van der Waals surface area contributed by atoms with Crippen LogP contribution < -0.4 is 4.74 Å². The topological polar surface area (TPSA) is 48.4 Å². The number of aromatic nitrogens is 1. The van der Waals surface area contributed by atoms with Crippen molar-refractivity contribution in [3.05, 3.63) is 59.4 Å². The van der Waals surface area contributed by atoms with Gasteiger partial charge in [0.1, 0.15) is 11.5 Å². The van der Waals surface area contributed by atoms with E-state index >= 15 is 0 Å². The fraction of sp³-hybridized carbons (Fsp3) is 0.409. The van der Waals surface area contributed by atoms with Crippen molar-refractivity contribution >= 4 is 0 Å². The predicted molar refractivity (Wildman–Crippen MR) is 103 cm³/mol. The summed E-state index contributed by atoms with van der Waals surface area (Å²) >= 11 is 0. The smallest absolute Gasteiger partial charge is 0.136 e. The van der Waals surface area contributed by atoms with Gasteiger partial charge in [-0.1, -0.05) is 12.1 Å². The zero-order valence-corrected chi connectivity index (χ0v) is 15.9. The molecule has 138 valence electrons. The van der Waals surface area contributed by atoms with Gasteiger partial charge in [0.15, 0.2) is 0 Å². The predicted octanol–water partition coefficient (Wildman–Crippen LogP) is 5.91. The van der Waals surface area contributed by atoms with Crippen molar-refractivity contribution in [3.8, 4) is 16.9 Å². The van der Waals surface area contributed by atoms with Crippen LogP contribution >= 0.6 is 0 Å². The van der Waals surface area contributed by atoms with Gasteiger partial charge in [-0.2, -0.15) is 0 Å². The lowest BCUT2D eigenvalue weighted by molar-refractivity contribution is 0.299. The van der Waals surface area contributed by atoms with Gasteiger partial charge in [0.25, 0.3) is 0 Å². The Bertz CT molecular complexity index is 818. The average Bonchev–Trinajstić information content (AvgIpc) is 3.30. The molecule has 0 aliphatic carbocycles. The van der Waals surface area contributed by atoms with Crippen molar-refractivity contribution in [2.75, 3.05) is 6.61 Å². The lowest BCUT2D eigenvalue weighted by atomic mass is 9.99. The van der Waals surface area contributed by atoms with Gasteiger partial charge in [0, 0.05) is 18.1 Å². The molecule has 4 heteroatoms. The van der Waals surface area contributed by atoms with Crippen LogP contribution in [0.3, 0.4) is 0 Å². The number of aryl methyl sites for hydroxylation is 4. The quantitative estimate of drug-likeness (QED) is 0.449. The molecule has 2 heterocycles. The molecular formula is C22H27NO3. The molecule has 0 fully saturated rings. The molecule has 0 N–H and O–H groups in total. The van der Waals surface area contributed by atoms with Gasteiger partial charge >= 0.3 is 0 Å². The van der Waals surface area contributed by atoms with E-state index in [9.17, 15) is 0 Å². The van der Waals surface area contributed by atoms with Crippen molar-refractivity contribution in [1.82, 2.24) is 5.16 Å². The van der Waals surface area contributed by atoms with E-state index in [4.69, 9.17) is 13.7 Å². The summed E-state index contributed by atoms with van der Waals surface area (Å²) in [7, 11) is 0. The first-order valence-corrected chi connectivity index (χ1v) is 9.38. The summed E-state index contributed by atoms with van der Waals surface area (Å²) in [4.78, 5) is 0. The molecule has 1 aromatic carbocycles. The Labute approximate surface area is 155 Å². The first-order valence-electron chi connectivity index (χ1n) is 9.38. The molecule has 4 nitrogen and oxygen atoms in total. The summed E-state index contributed by atoms with van der Waals surface area (Å²) in [5.41, 5.74) is 5.67. The van der Waals surface area contributed by atoms with Gasteiger partial charge < -0.3 is 13.7 Å². The zero-order valence-electron chi connectivity index (χ0n) is 15.9. The molecule has 2 aromatic heterocycles. The number of hydrogen-bond donors (Lipinski definition) is 0. The highest BCUT2D eigenvalue weighted by molar-refractivity contribution is 5.66. The van der Waals surface area contributed by atoms with E-state index in [-0.39, 0.29) is 0 Å². The van der Waals surface area contributed by atoms with Gasteiger partial charge in [0.05, 0.1) is 24.8 Å². The molecule has 0 radical (unpaired) electrons. The number of hydrogen-bond acceptors (Lipinski definition) is 4. The van der Waals surface area contributed by atoms with Crippen LogP contribution in [0, 0.1) is 13.8 Å². The molecule has 0 aliphatic rings. The Balaban J connectivity index is 1.51. The standard InChI is InChI=1S/C22H27NO3/c1-4-18-14-20(19-9-11-24-15-19)12-16(2)22(18)25-10-7-5-6-8-21-13-17(3)23-26-21/h9,11-15H,4-8,10H2,1-3H3. The van der Waals surface area contributed by atoms with Crippen molar-refractivity contribution in [1.29, 1.82) is 0 Å².